The van der Waals surface area contributed by atoms with Crippen LogP contribution in [0.3, 0.4) is 0 Å². The van der Waals surface area contributed by atoms with Gasteiger partial charge in [-0.25, -0.2) is 0 Å². The number of hydrogen-bond acceptors (Lipinski definition) is 5. The first-order chi connectivity index (χ1) is 14.8. The van der Waals surface area contributed by atoms with Crippen LogP contribution in [0, 0.1) is 0 Å². The molecule has 1 fully saturated rings. The highest BCUT2D eigenvalue weighted by atomic mass is 79.9. The van der Waals surface area contributed by atoms with Crippen molar-refractivity contribution in [1.82, 2.24) is 4.90 Å². The molecule has 0 bridgehead atoms. The monoisotopic (exact) mass is 487 g/mol. The summed E-state index contributed by atoms with van der Waals surface area (Å²) in [5.74, 6) is -0.938. The van der Waals surface area contributed by atoms with E-state index in [9.17, 15) is 14.7 Å². The van der Waals surface area contributed by atoms with E-state index in [4.69, 9.17) is 9.47 Å². The number of benzene rings is 2. The minimum absolute atomic E-state index is 0.000630. The Morgan fingerprint density at radius 2 is 1.87 bits per heavy atom. The van der Waals surface area contributed by atoms with E-state index in [1.165, 1.54) is 4.90 Å². The highest BCUT2D eigenvalue weighted by Gasteiger charge is 2.46. The summed E-state index contributed by atoms with van der Waals surface area (Å²) in [6.45, 7) is 6.70. The highest BCUT2D eigenvalue weighted by molar-refractivity contribution is 9.10. The molecular weight excluding hydrogens is 462 g/mol. The van der Waals surface area contributed by atoms with Crippen LogP contribution in [0.5, 0.6) is 5.75 Å². The number of aliphatic hydroxyl groups excluding tert-OH is 1. The molecule has 2 aromatic carbocycles. The molecule has 1 amide bonds. The molecular formula is C24H26BrNO5. The Labute approximate surface area is 190 Å². The molecule has 7 heteroatoms. The zero-order chi connectivity index (χ0) is 22.5. The number of ether oxygens (including phenoxy) is 2. The minimum atomic E-state index is -0.736. The Hall–Kier alpha value is -2.64. The number of carbonyl (C=O) groups is 2. The Bertz CT molecular complexity index is 984. The van der Waals surface area contributed by atoms with Gasteiger partial charge in [-0.2, -0.15) is 0 Å². The molecule has 0 spiro atoms. The largest absolute Gasteiger partial charge is 0.507 e. The number of halogens is 1. The second kappa shape index (κ2) is 10.1. The zero-order valence-corrected chi connectivity index (χ0v) is 19.4. The lowest BCUT2D eigenvalue weighted by Gasteiger charge is -2.26. The maximum absolute atomic E-state index is 13.0. The van der Waals surface area contributed by atoms with Gasteiger partial charge in [0.1, 0.15) is 11.5 Å². The maximum Gasteiger partial charge on any atom is 0.295 e. The van der Waals surface area contributed by atoms with Crippen molar-refractivity contribution in [3.63, 3.8) is 0 Å². The van der Waals surface area contributed by atoms with Gasteiger partial charge in [0.05, 0.1) is 30.9 Å². The molecule has 1 N–H and O–H groups in total. The first-order valence-corrected chi connectivity index (χ1v) is 11.0. The summed E-state index contributed by atoms with van der Waals surface area (Å²) >= 11 is 3.37. The van der Waals surface area contributed by atoms with Gasteiger partial charge >= 0.3 is 0 Å². The topological polar surface area (TPSA) is 76.1 Å². The Morgan fingerprint density at radius 3 is 2.52 bits per heavy atom. The van der Waals surface area contributed by atoms with Crippen molar-refractivity contribution in [2.24, 2.45) is 0 Å². The summed E-state index contributed by atoms with van der Waals surface area (Å²) in [5, 5.41) is 11.0. The number of aliphatic hydroxyl groups is 1. The second-order valence-corrected chi connectivity index (χ2v) is 8.34. The van der Waals surface area contributed by atoms with Crippen LogP contribution in [-0.2, 0) is 14.3 Å². The van der Waals surface area contributed by atoms with Gasteiger partial charge in [-0.1, -0.05) is 40.2 Å². The van der Waals surface area contributed by atoms with Crippen molar-refractivity contribution < 1.29 is 24.2 Å². The fourth-order valence-corrected chi connectivity index (χ4v) is 3.81. The quantitative estimate of drug-likeness (QED) is 0.332. The Balaban J connectivity index is 2.09. The Morgan fingerprint density at radius 1 is 1.16 bits per heavy atom. The molecule has 1 atom stereocenters. The predicted octanol–water partition coefficient (Wildman–Crippen LogP) is 4.69. The molecule has 0 aliphatic carbocycles. The van der Waals surface area contributed by atoms with E-state index in [1.54, 1.807) is 30.3 Å². The lowest BCUT2D eigenvalue weighted by molar-refractivity contribution is -0.140. The molecule has 0 saturated carbocycles. The summed E-state index contributed by atoms with van der Waals surface area (Å²) in [6, 6.07) is 13.4. The van der Waals surface area contributed by atoms with Crippen molar-refractivity contribution in [2.45, 2.75) is 32.9 Å². The van der Waals surface area contributed by atoms with Gasteiger partial charge in [0.15, 0.2) is 0 Å². The SMILES string of the molecule is CCOc1cccc(C2/C(=C(/O)c3ccc(Br)cc3)C(=O)C(=O)N2CCOC(C)C)c1. The van der Waals surface area contributed by atoms with Crippen molar-refractivity contribution in [1.29, 1.82) is 0 Å². The molecule has 6 nitrogen and oxygen atoms in total. The lowest BCUT2D eigenvalue weighted by atomic mass is 9.95. The fraction of sp³-hybridized carbons (Fsp3) is 0.333. The normalized spacial score (nSPS) is 18.1. The summed E-state index contributed by atoms with van der Waals surface area (Å²) < 4.78 is 12.1. The van der Waals surface area contributed by atoms with Gasteiger partial charge < -0.3 is 19.5 Å². The van der Waals surface area contributed by atoms with Crippen LogP contribution in [0.4, 0.5) is 0 Å². The zero-order valence-electron chi connectivity index (χ0n) is 17.8. The summed E-state index contributed by atoms with van der Waals surface area (Å²) in [5.41, 5.74) is 1.21. The van der Waals surface area contributed by atoms with Crippen molar-refractivity contribution in [3.8, 4) is 5.75 Å². The number of likely N-dealkylation sites (tertiary alicyclic amines) is 1. The van der Waals surface area contributed by atoms with Gasteiger partial charge in [-0.05, 0) is 50.6 Å². The molecule has 1 aliphatic heterocycles. The first kappa shape index (κ1) is 23.0. The van der Waals surface area contributed by atoms with E-state index in [0.29, 0.717) is 23.5 Å². The van der Waals surface area contributed by atoms with Crippen LogP contribution in [0.25, 0.3) is 5.76 Å². The molecule has 1 aliphatic rings. The predicted molar refractivity (Wildman–Crippen MR) is 122 cm³/mol. The summed E-state index contributed by atoms with van der Waals surface area (Å²) in [7, 11) is 0. The number of amides is 1. The van der Waals surface area contributed by atoms with Gasteiger partial charge in [-0.15, -0.1) is 0 Å². The first-order valence-electron chi connectivity index (χ1n) is 10.2. The van der Waals surface area contributed by atoms with Gasteiger partial charge in [0, 0.05) is 16.6 Å². The van der Waals surface area contributed by atoms with Crippen LogP contribution >= 0.6 is 15.9 Å². The van der Waals surface area contributed by atoms with E-state index in [0.717, 1.165) is 4.47 Å². The minimum Gasteiger partial charge on any atom is -0.507 e. The highest BCUT2D eigenvalue weighted by Crippen LogP contribution is 2.40. The van der Waals surface area contributed by atoms with E-state index < -0.39 is 17.7 Å². The van der Waals surface area contributed by atoms with Crippen molar-refractivity contribution in [3.05, 3.63) is 69.7 Å². The lowest BCUT2D eigenvalue weighted by Crippen LogP contribution is -2.33. The number of carbonyl (C=O) groups excluding carboxylic acids is 2. The number of Topliss-reactive ketones (excluding diaryl/α,β-unsaturated/α-hetero) is 1. The average molecular weight is 488 g/mol. The maximum atomic E-state index is 13.0. The molecule has 1 heterocycles. The average Bonchev–Trinajstić information content (AvgIpc) is 2.99. The van der Waals surface area contributed by atoms with Crippen LogP contribution < -0.4 is 4.74 Å². The van der Waals surface area contributed by atoms with Gasteiger partial charge in [-0.3, -0.25) is 9.59 Å². The smallest absolute Gasteiger partial charge is 0.295 e. The summed E-state index contributed by atoms with van der Waals surface area (Å²) in [4.78, 5) is 27.4. The standard InChI is InChI=1S/C24H26BrNO5/c1-4-30-19-7-5-6-17(14-19)21-20(22(27)16-8-10-18(25)11-9-16)23(28)24(29)26(21)12-13-31-15(2)3/h5-11,14-15,21,27H,4,12-13H2,1-3H3/b22-20-. The molecule has 0 aromatic heterocycles. The summed E-state index contributed by atoms with van der Waals surface area (Å²) in [6.07, 6.45) is -0.000630. The third kappa shape index (κ3) is 5.17. The van der Waals surface area contributed by atoms with Crippen LogP contribution in [-0.4, -0.2) is 47.6 Å². The van der Waals surface area contributed by atoms with Crippen LogP contribution in [0.15, 0.2) is 58.6 Å². The second-order valence-electron chi connectivity index (χ2n) is 7.42. The van der Waals surface area contributed by atoms with E-state index in [1.807, 2.05) is 39.0 Å². The van der Waals surface area contributed by atoms with Gasteiger partial charge in [0.25, 0.3) is 11.7 Å². The number of ketones is 1. The van der Waals surface area contributed by atoms with E-state index >= 15 is 0 Å². The van der Waals surface area contributed by atoms with Gasteiger partial charge in [0.2, 0.25) is 0 Å². The third-order valence-electron chi connectivity index (χ3n) is 4.93. The number of rotatable bonds is 8. The molecule has 1 unspecified atom stereocenters. The Kier molecular flexibility index (Phi) is 7.51. The van der Waals surface area contributed by atoms with E-state index in [2.05, 4.69) is 15.9 Å². The molecule has 3 rings (SSSR count). The number of hydrogen-bond donors (Lipinski definition) is 1. The molecule has 31 heavy (non-hydrogen) atoms. The fourth-order valence-electron chi connectivity index (χ4n) is 3.55. The number of nitrogens with zero attached hydrogens (tertiary/aromatic N) is 1. The van der Waals surface area contributed by atoms with Crippen molar-refractivity contribution in [2.75, 3.05) is 19.8 Å². The van der Waals surface area contributed by atoms with Crippen LogP contribution in [0.1, 0.15) is 37.9 Å². The van der Waals surface area contributed by atoms with Crippen molar-refractivity contribution >= 4 is 33.4 Å². The molecule has 0 radical (unpaired) electrons. The molecule has 2 aromatic rings. The molecule has 1 saturated heterocycles. The van der Waals surface area contributed by atoms with Crippen LogP contribution in [0.2, 0.25) is 0 Å². The molecule has 164 valence electrons. The third-order valence-corrected chi connectivity index (χ3v) is 5.45. The van der Waals surface area contributed by atoms with E-state index in [-0.39, 0.29) is 30.6 Å².